The third-order valence-electron chi connectivity index (χ3n) is 3.26. The summed E-state index contributed by atoms with van der Waals surface area (Å²) in [4.78, 5) is 0. The van der Waals surface area contributed by atoms with Crippen LogP contribution in [0.3, 0.4) is 0 Å². The molecule has 1 atom stereocenters. The molecule has 1 N–H and O–H groups in total. The van der Waals surface area contributed by atoms with Crippen molar-refractivity contribution in [2.75, 3.05) is 20.2 Å². The molecule has 1 aromatic rings. The predicted molar refractivity (Wildman–Crippen MR) is 62.9 cm³/mol. The number of hydrogen-bond acceptors (Lipinski definition) is 3. The predicted octanol–water partition coefficient (Wildman–Crippen LogP) is 1.83. The topological polar surface area (TPSA) is 30.5 Å². The van der Waals surface area contributed by atoms with Gasteiger partial charge in [0.25, 0.3) is 0 Å². The fraction of sp³-hybridized carbons (Fsp3) is 0.385. The van der Waals surface area contributed by atoms with Crippen molar-refractivity contribution < 1.29 is 9.47 Å². The highest BCUT2D eigenvalue weighted by atomic mass is 16.5. The zero-order valence-corrected chi connectivity index (χ0v) is 9.32. The molecule has 1 saturated heterocycles. The molecule has 0 bridgehead atoms. The first-order valence-electron chi connectivity index (χ1n) is 5.59. The lowest BCUT2D eigenvalue weighted by atomic mass is 9.97. The molecule has 2 heterocycles. The molecule has 2 aliphatic rings. The molecule has 84 valence electrons. The van der Waals surface area contributed by atoms with Gasteiger partial charge in [-0.1, -0.05) is 6.07 Å². The van der Waals surface area contributed by atoms with Gasteiger partial charge in [0.1, 0.15) is 17.1 Å². The van der Waals surface area contributed by atoms with E-state index in [1.165, 1.54) is 0 Å². The van der Waals surface area contributed by atoms with E-state index < -0.39 is 0 Å². The minimum atomic E-state index is -0.140. The number of benzene rings is 1. The molecule has 0 radical (unpaired) electrons. The van der Waals surface area contributed by atoms with Crippen molar-refractivity contribution in [1.29, 1.82) is 0 Å². The number of ether oxygens (including phenoxy) is 2. The summed E-state index contributed by atoms with van der Waals surface area (Å²) in [5.41, 5.74) is 0.904. The van der Waals surface area contributed by atoms with Gasteiger partial charge in [0.05, 0.1) is 12.7 Å². The number of rotatable bonds is 1. The smallest absolute Gasteiger partial charge is 0.141 e. The van der Waals surface area contributed by atoms with E-state index in [1.807, 2.05) is 18.2 Å². The molecule has 1 spiro atoms. The first-order chi connectivity index (χ1) is 7.83. The van der Waals surface area contributed by atoms with E-state index in [9.17, 15) is 0 Å². The molecule has 2 aliphatic heterocycles. The summed E-state index contributed by atoms with van der Waals surface area (Å²) in [6.45, 7) is 1.91. The molecule has 1 unspecified atom stereocenters. The molecular formula is C13H15NO2. The van der Waals surface area contributed by atoms with Crippen LogP contribution in [0.4, 0.5) is 0 Å². The van der Waals surface area contributed by atoms with Gasteiger partial charge in [-0.3, -0.25) is 0 Å². The average molecular weight is 217 g/mol. The average Bonchev–Trinajstić information content (AvgIpc) is 2.76. The van der Waals surface area contributed by atoms with Crippen LogP contribution in [-0.4, -0.2) is 25.8 Å². The van der Waals surface area contributed by atoms with Gasteiger partial charge < -0.3 is 14.8 Å². The van der Waals surface area contributed by atoms with Gasteiger partial charge in [-0.15, -0.1) is 0 Å². The van der Waals surface area contributed by atoms with Crippen LogP contribution in [0.5, 0.6) is 11.5 Å². The van der Waals surface area contributed by atoms with Gasteiger partial charge >= 0.3 is 0 Å². The summed E-state index contributed by atoms with van der Waals surface area (Å²) in [6, 6.07) is 5.92. The van der Waals surface area contributed by atoms with Gasteiger partial charge in [-0.2, -0.15) is 0 Å². The number of fused-ring (bicyclic) bond motifs is 1. The summed E-state index contributed by atoms with van der Waals surface area (Å²) in [5, 5.41) is 3.33. The molecule has 0 aliphatic carbocycles. The lowest BCUT2D eigenvalue weighted by Crippen LogP contribution is -2.37. The van der Waals surface area contributed by atoms with E-state index in [0.717, 1.165) is 36.6 Å². The number of hydrogen-bond donors (Lipinski definition) is 1. The maximum absolute atomic E-state index is 6.09. The van der Waals surface area contributed by atoms with E-state index in [1.54, 1.807) is 7.11 Å². The van der Waals surface area contributed by atoms with Crippen molar-refractivity contribution in [3.05, 3.63) is 29.8 Å². The molecule has 0 aromatic heterocycles. The Hall–Kier alpha value is -1.48. The second-order valence-electron chi connectivity index (χ2n) is 4.30. The summed E-state index contributed by atoms with van der Waals surface area (Å²) < 4.78 is 11.4. The van der Waals surface area contributed by atoms with E-state index in [2.05, 4.69) is 17.5 Å². The second kappa shape index (κ2) is 3.52. The number of methoxy groups -OCH3 is 1. The standard InChI is InChI=1S/C13H15NO2/c1-15-11-3-2-4-12-10(11)5-6-13(16-12)7-8-14-9-13/h2-6,14H,7-9H2,1H3. The second-order valence-corrected chi connectivity index (χ2v) is 4.30. The Morgan fingerprint density at radius 1 is 1.44 bits per heavy atom. The molecule has 1 fully saturated rings. The highest BCUT2D eigenvalue weighted by Crippen LogP contribution is 2.38. The molecular weight excluding hydrogens is 202 g/mol. The van der Waals surface area contributed by atoms with Crippen LogP contribution in [0.15, 0.2) is 24.3 Å². The lowest BCUT2D eigenvalue weighted by molar-refractivity contribution is 0.138. The Balaban J connectivity index is 2.01. The monoisotopic (exact) mass is 217 g/mol. The summed E-state index contributed by atoms with van der Waals surface area (Å²) >= 11 is 0. The third-order valence-corrected chi connectivity index (χ3v) is 3.26. The summed E-state index contributed by atoms with van der Waals surface area (Å²) in [6.07, 6.45) is 5.29. The Morgan fingerprint density at radius 3 is 3.12 bits per heavy atom. The van der Waals surface area contributed by atoms with Crippen LogP contribution in [0, 0.1) is 0 Å². The van der Waals surface area contributed by atoms with Crippen LogP contribution in [0.25, 0.3) is 6.08 Å². The van der Waals surface area contributed by atoms with Gasteiger partial charge in [0.2, 0.25) is 0 Å². The number of nitrogens with one attached hydrogen (secondary N) is 1. The fourth-order valence-corrected chi connectivity index (χ4v) is 2.36. The maximum atomic E-state index is 6.09. The Bertz CT molecular complexity index is 434. The molecule has 3 heteroatoms. The zero-order valence-electron chi connectivity index (χ0n) is 9.32. The Labute approximate surface area is 95.1 Å². The SMILES string of the molecule is COc1cccc2c1C=CC1(CCNC1)O2. The molecule has 16 heavy (non-hydrogen) atoms. The van der Waals surface area contributed by atoms with Gasteiger partial charge in [0.15, 0.2) is 0 Å². The molecule has 0 saturated carbocycles. The largest absolute Gasteiger partial charge is 0.496 e. The van der Waals surface area contributed by atoms with Crippen molar-refractivity contribution in [2.45, 2.75) is 12.0 Å². The summed E-state index contributed by atoms with van der Waals surface area (Å²) in [7, 11) is 1.69. The van der Waals surface area contributed by atoms with Crippen molar-refractivity contribution in [2.24, 2.45) is 0 Å². The highest BCUT2D eigenvalue weighted by Gasteiger charge is 2.36. The molecule has 0 amide bonds. The van der Waals surface area contributed by atoms with Crippen molar-refractivity contribution in [3.63, 3.8) is 0 Å². The fourth-order valence-electron chi connectivity index (χ4n) is 2.36. The van der Waals surface area contributed by atoms with E-state index in [4.69, 9.17) is 9.47 Å². The molecule has 3 rings (SSSR count). The lowest BCUT2D eigenvalue weighted by Gasteiger charge is -2.31. The first-order valence-corrected chi connectivity index (χ1v) is 5.59. The van der Waals surface area contributed by atoms with E-state index in [-0.39, 0.29) is 5.60 Å². The van der Waals surface area contributed by atoms with Crippen molar-refractivity contribution in [1.82, 2.24) is 5.32 Å². The first kappa shape index (κ1) is 9.73. The maximum Gasteiger partial charge on any atom is 0.141 e. The Morgan fingerprint density at radius 2 is 2.38 bits per heavy atom. The zero-order chi connectivity index (χ0) is 11.0. The van der Waals surface area contributed by atoms with Crippen LogP contribution >= 0.6 is 0 Å². The minimum Gasteiger partial charge on any atom is -0.496 e. The van der Waals surface area contributed by atoms with Crippen LogP contribution in [0.1, 0.15) is 12.0 Å². The van der Waals surface area contributed by atoms with Crippen molar-refractivity contribution >= 4 is 6.08 Å². The minimum absolute atomic E-state index is 0.140. The van der Waals surface area contributed by atoms with Crippen LogP contribution < -0.4 is 14.8 Å². The quantitative estimate of drug-likeness (QED) is 0.778. The molecule has 1 aromatic carbocycles. The van der Waals surface area contributed by atoms with E-state index >= 15 is 0 Å². The van der Waals surface area contributed by atoms with Crippen LogP contribution in [0.2, 0.25) is 0 Å². The van der Waals surface area contributed by atoms with Gasteiger partial charge in [-0.05, 0) is 30.8 Å². The molecule has 3 nitrogen and oxygen atoms in total. The Kier molecular flexibility index (Phi) is 2.14. The highest BCUT2D eigenvalue weighted by molar-refractivity contribution is 5.67. The third kappa shape index (κ3) is 1.39. The van der Waals surface area contributed by atoms with Crippen LogP contribution in [-0.2, 0) is 0 Å². The van der Waals surface area contributed by atoms with Gasteiger partial charge in [-0.25, -0.2) is 0 Å². The van der Waals surface area contributed by atoms with Crippen molar-refractivity contribution in [3.8, 4) is 11.5 Å². The van der Waals surface area contributed by atoms with Gasteiger partial charge in [0, 0.05) is 13.0 Å². The van der Waals surface area contributed by atoms with E-state index in [0.29, 0.717) is 0 Å². The summed E-state index contributed by atoms with van der Waals surface area (Å²) in [5.74, 6) is 1.79. The normalized spacial score (nSPS) is 26.6.